The van der Waals surface area contributed by atoms with Crippen molar-refractivity contribution in [3.05, 3.63) is 22.5 Å². The molecule has 1 aliphatic rings. The van der Waals surface area contributed by atoms with Crippen molar-refractivity contribution in [2.75, 3.05) is 25.1 Å². The van der Waals surface area contributed by atoms with Crippen LogP contribution in [0.15, 0.2) is 16.9 Å². The second kappa shape index (κ2) is 13.3. The maximum atomic E-state index is 11.8. The zero-order valence-corrected chi connectivity index (χ0v) is 20.6. The lowest BCUT2D eigenvalue weighted by Crippen LogP contribution is -2.25. The average Bonchev–Trinajstić information content (AvgIpc) is 3.44. The normalized spacial score (nSPS) is 17.0. The van der Waals surface area contributed by atoms with E-state index in [1.54, 1.807) is 0 Å². The number of fused-ring (bicyclic) bond motifs is 1. The number of carbonyl (C=O) groups is 1. The molecule has 11 nitrogen and oxygen atoms in total. The van der Waals surface area contributed by atoms with E-state index >= 15 is 0 Å². The molecule has 1 saturated heterocycles. The Bertz CT molecular complexity index is 962. The van der Waals surface area contributed by atoms with E-state index in [1.807, 2.05) is 13.8 Å². The van der Waals surface area contributed by atoms with E-state index < -0.39 is 10.7 Å². The lowest BCUT2D eigenvalue weighted by atomic mass is 10.1. The molecule has 0 bridgehead atoms. The molecule has 0 aromatic carbocycles. The van der Waals surface area contributed by atoms with Crippen LogP contribution < -0.4 is 5.32 Å². The van der Waals surface area contributed by atoms with Gasteiger partial charge in [-0.25, -0.2) is 4.98 Å². The number of pyridine rings is 1. The minimum Gasteiger partial charge on any atom is -0.463 e. The molecule has 0 radical (unpaired) electrons. The van der Waals surface area contributed by atoms with E-state index in [9.17, 15) is 14.9 Å². The highest BCUT2D eigenvalue weighted by atomic mass is 16.7. The van der Waals surface area contributed by atoms with Gasteiger partial charge in [0.25, 0.3) is 0 Å². The van der Waals surface area contributed by atoms with Gasteiger partial charge in [-0.3, -0.25) is 14.9 Å². The van der Waals surface area contributed by atoms with Crippen LogP contribution in [-0.2, 0) is 19.0 Å². The molecule has 3 heterocycles. The summed E-state index contributed by atoms with van der Waals surface area (Å²) in [4.78, 5) is 26.5. The molecule has 3 rings (SSSR count). The Morgan fingerprint density at radius 3 is 2.49 bits per heavy atom. The molecule has 0 spiro atoms. The molecule has 0 saturated carbocycles. The number of aromatic nitrogens is 2. The van der Waals surface area contributed by atoms with E-state index in [-0.39, 0.29) is 30.0 Å². The number of anilines is 1. The number of unbranched alkanes of at least 4 members (excludes halogenated alkanes) is 8. The molecule has 1 N–H and O–H groups in total. The van der Waals surface area contributed by atoms with Crippen LogP contribution in [0.4, 0.5) is 11.5 Å². The second-order valence-electron chi connectivity index (χ2n) is 9.31. The van der Waals surface area contributed by atoms with Crippen molar-refractivity contribution in [3.8, 4) is 0 Å². The van der Waals surface area contributed by atoms with Crippen LogP contribution in [-0.4, -0.2) is 52.7 Å². The van der Waals surface area contributed by atoms with Crippen LogP contribution in [0.25, 0.3) is 11.0 Å². The maximum Gasteiger partial charge on any atom is 0.333 e. The lowest BCUT2D eigenvalue weighted by Gasteiger charge is -2.16. The molecular formula is C24H36N4O7. The molecule has 1 aliphatic heterocycles. The Morgan fingerprint density at radius 2 is 1.83 bits per heavy atom. The average molecular weight is 493 g/mol. The minimum absolute atomic E-state index is 0.141. The molecule has 1 fully saturated rings. The third kappa shape index (κ3) is 8.74. The lowest BCUT2D eigenvalue weighted by molar-refractivity contribution is -0.384. The molecule has 2 aromatic rings. The highest BCUT2D eigenvalue weighted by molar-refractivity contribution is 5.92. The smallest absolute Gasteiger partial charge is 0.333 e. The third-order valence-corrected chi connectivity index (χ3v) is 5.92. The van der Waals surface area contributed by atoms with Crippen molar-refractivity contribution in [1.82, 2.24) is 10.1 Å². The second-order valence-corrected chi connectivity index (χ2v) is 9.31. The van der Waals surface area contributed by atoms with Gasteiger partial charge in [0.05, 0.1) is 23.1 Å². The van der Waals surface area contributed by atoms with Crippen molar-refractivity contribution in [3.63, 3.8) is 0 Å². The van der Waals surface area contributed by atoms with Crippen molar-refractivity contribution in [2.45, 2.75) is 89.9 Å². The van der Waals surface area contributed by atoms with Gasteiger partial charge in [0.1, 0.15) is 24.7 Å². The van der Waals surface area contributed by atoms with Crippen molar-refractivity contribution >= 4 is 28.4 Å². The topological polar surface area (TPSA) is 139 Å². The van der Waals surface area contributed by atoms with Crippen molar-refractivity contribution in [1.29, 1.82) is 0 Å². The highest BCUT2D eigenvalue weighted by Gasteiger charge is 2.33. The Balaban J connectivity index is 1.13. The fourth-order valence-electron chi connectivity index (χ4n) is 4.06. The molecule has 0 unspecified atom stereocenters. The molecule has 35 heavy (non-hydrogen) atoms. The first-order valence-electron chi connectivity index (χ1n) is 12.4. The van der Waals surface area contributed by atoms with Gasteiger partial charge < -0.3 is 24.1 Å². The molecule has 2 aromatic heterocycles. The molecule has 194 valence electrons. The monoisotopic (exact) mass is 492 g/mol. The Kier molecular flexibility index (Phi) is 10.2. The summed E-state index contributed by atoms with van der Waals surface area (Å²) < 4.78 is 21.4. The van der Waals surface area contributed by atoms with Crippen LogP contribution in [0.3, 0.4) is 0 Å². The van der Waals surface area contributed by atoms with Gasteiger partial charge in [-0.15, -0.1) is 0 Å². The van der Waals surface area contributed by atoms with Crippen LogP contribution >= 0.6 is 0 Å². The molecule has 0 amide bonds. The quantitative estimate of drug-likeness (QED) is 0.145. The van der Waals surface area contributed by atoms with Gasteiger partial charge in [0, 0.05) is 13.0 Å². The van der Waals surface area contributed by atoms with Crippen LogP contribution in [0.2, 0.25) is 0 Å². The third-order valence-electron chi connectivity index (χ3n) is 5.92. The largest absolute Gasteiger partial charge is 0.463 e. The first-order chi connectivity index (χ1) is 16.9. The summed E-state index contributed by atoms with van der Waals surface area (Å²) in [6.45, 7) is 5.15. The Morgan fingerprint density at radius 1 is 1.14 bits per heavy atom. The maximum absolute atomic E-state index is 11.8. The number of carbonyl (C=O) groups excluding carboxylic acids is 1. The van der Waals surface area contributed by atoms with Crippen LogP contribution in [0.1, 0.15) is 78.1 Å². The first-order valence-corrected chi connectivity index (χ1v) is 12.4. The predicted octanol–water partition coefficient (Wildman–Crippen LogP) is 5.14. The fraction of sp³-hybridized carbons (Fsp3) is 0.708. The van der Waals surface area contributed by atoms with Gasteiger partial charge in [-0.1, -0.05) is 50.1 Å². The van der Waals surface area contributed by atoms with E-state index in [1.165, 1.54) is 31.7 Å². The standard InChI is InChI=1S/C24H36N4O7/c1-24(2)33-17-18(34-24)16-32-21(29)12-10-8-6-4-3-5-7-9-11-13-25-23-19-14-27-35-22(19)20(15-26-23)28(30)31/h14-15,18H,3-13,16-17H2,1-2H3,(H,25,26)/t18-/m0/s1. The zero-order chi connectivity index (χ0) is 25.1. The Labute approximate surface area is 205 Å². The number of nitro groups is 1. The molecule has 11 heteroatoms. The number of rotatable bonds is 16. The zero-order valence-electron chi connectivity index (χ0n) is 20.6. The summed E-state index contributed by atoms with van der Waals surface area (Å²) in [6.07, 6.45) is 12.7. The van der Waals surface area contributed by atoms with Crippen LogP contribution in [0.5, 0.6) is 0 Å². The molecular weight excluding hydrogens is 456 g/mol. The SMILES string of the molecule is CC1(C)OC[C@H](COC(=O)CCCCCCCCCCCNc2ncc([N+](=O)[O-])c3oncc23)O1. The van der Waals surface area contributed by atoms with E-state index in [2.05, 4.69) is 15.5 Å². The van der Waals surface area contributed by atoms with Crippen molar-refractivity contribution < 1.29 is 28.5 Å². The number of hydrogen-bond acceptors (Lipinski definition) is 10. The summed E-state index contributed by atoms with van der Waals surface area (Å²) in [5, 5.41) is 18.4. The van der Waals surface area contributed by atoms with E-state index in [4.69, 9.17) is 18.7 Å². The molecule has 0 aliphatic carbocycles. The van der Waals surface area contributed by atoms with E-state index in [0.717, 1.165) is 45.1 Å². The summed E-state index contributed by atoms with van der Waals surface area (Å²) in [6, 6.07) is 0. The predicted molar refractivity (Wildman–Crippen MR) is 129 cm³/mol. The van der Waals surface area contributed by atoms with Gasteiger partial charge in [-0.05, 0) is 26.7 Å². The summed E-state index contributed by atoms with van der Waals surface area (Å²) in [7, 11) is 0. The minimum atomic E-state index is -0.591. The Hall–Kier alpha value is -2.79. The number of hydrogen-bond donors (Lipinski definition) is 1. The highest BCUT2D eigenvalue weighted by Crippen LogP contribution is 2.29. The summed E-state index contributed by atoms with van der Waals surface area (Å²) >= 11 is 0. The van der Waals surface area contributed by atoms with Crippen LogP contribution in [0, 0.1) is 10.1 Å². The van der Waals surface area contributed by atoms with Gasteiger partial charge in [-0.2, -0.15) is 0 Å². The number of nitrogens with zero attached hydrogens (tertiary/aromatic N) is 3. The van der Waals surface area contributed by atoms with Gasteiger partial charge in [0.15, 0.2) is 5.79 Å². The summed E-state index contributed by atoms with van der Waals surface area (Å²) in [5.41, 5.74) is -0.0422. The van der Waals surface area contributed by atoms with E-state index in [0.29, 0.717) is 24.2 Å². The fourth-order valence-corrected chi connectivity index (χ4v) is 4.06. The number of esters is 1. The first kappa shape index (κ1) is 26.8. The molecule has 1 atom stereocenters. The van der Waals surface area contributed by atoms with Crippen molar-refractivity contribution in [2.24, 2.45) is 0 Å². The van der Waals surface area contributed by atoms with Gasteiger partial charge >= 0.3 is 11.7 Å². The van der Waals surface area contributed by atoms with Gasteiger partial charge in [0.2, 0.25) is 5.58 Å². The number of ether oxygens (including phenoxy) is 3. The number of nitrogens with one attached hydrogen (secondary N) is 1. The summed E-state index contributed by atoms with van der Waals surface area (Å²) in [5.74, 6) is -0.201.